The summed E-state index contributed by atoms with van der Waals surface area (Å²) < 4.78 is 0. The Hall–Kier alpha value is -2.27. The molecule has 0 fully saturated rings. The van der Waals surface area contributed by atoms with E-state index in [1.165, 1.54) is 22.9 Å². The van der Waals surface area contributed by atoms with Gasteiger partial charge in [-0.3, -0.25) is 9.59 Å². The Labute approximate surface area is 146 Å². The smallest absolute Gasteiger partial charge is 0.251 e. The maximum Gasteiger partial charge on any atom is 0.251 e. The molecule has 24 heavy (non-hydrogen) atoms. The molecule has 0 saturated carbocycles. The van der Waals surface area contributed by atoms with Gasteiger partial charge in [-0.1, -0.05) is 24.3 Å². The number of anilines is 1. The first-order valence-corrected chi connectivity index (χ1v) is 8.87. The molecule has 0 spiro atoms. The highest BCUT2D eigenvalue weighted by molar-refractivity contribution is 8.00. The van der Waals surface area contributed by atoms with E-state index in [0.29, 0.717) is 12.1 Å². The predicted molar refractivity (Wildman–Crippen MR) is 97.6 cm³/mol. The summed E-state index contributed by atoms with van der Waals surface area (Å²) in [4.78, 5) is 25.1. The van der Waals surface area contributed by atoms with Crippen LogP contribution < -0.4 is 10.6 Å². The Kier molecular flexibility index (Phi) is 4.90. The number of fused-ring (bicyclic) bond motifs is 1. The number of benzene rings is 2. The second-order valence-electron chi connectivity index (χ2n) is 5.89. The van der Waals surface area contributed by atoms with Gasteiger partial charge in [0.1, 0.15) is 0 Å². The Balaban J connectivity index is 1.63. The number of carbonyl (C=O) groups is 2. The molecule has 0 aliphatic carbocycles. The van der Waals surface area contributed by atoms with Gasteiger partial charge in [-0.25, -0.2) is 0 Å². The molecule has 0 saturated heterocycles. The highest BCUT2D eigenvalue weighted by atomic mass is 32.2. The van der Waals surface area contributed by atoms with Crippen LogP contribution in [0.15, 0.2) is 47.4 Å². The van der Waals surface area contributed by atoms with Gasteiger partial charge in [-0.15, -0.1) is 11.8 Å². The van der Waals surface area contributed by atoms with E-state index in [4.69, 9.17) is 0 Å². The molecule has 2 aromatic rings. The van der Waals surface area contributed by atoms with Gasteiger partial charge in [0.15, 0.2) is 0 Å². The molecule has 2 amide bonds. The largest absolute Gasteiger partial charge is 0.352 e. The molecular weight excluding hydrogens is 320 g/mol. The quantitative estimate of drug-likeness (QED) is 0.897. The Morgan fingerprint density at radius 2 is 2.04 bits per heavy atom. The lowest BCUT2D eigenvalue weighted by Gasteiger charge is -2.21. The summed E-state index contributed by atoms with van der Waals surface area (Å²) in [5.74, 6) is -0.145. The minimum absolute atomic E-state index is 0.0235. The number of hydrogen-bond acceptors (Lipinski definition) is 3. The lowest BCUT2D eigenvalue weighted by atomic mass is 10.1. The second-order valence-corrected chi connectivity index (χ2v) is 7.28. The fourth-order valence-corrected chi connectivity index (χ4v) is 3.58. The molecular formula is C19H20N2O2S. The molecule has 1 atom stereocenters. The van der Waals surface area contributed by atoms with Crippen LogP contribution >= 0.6 is 11.8 Å². The maximum absolute atomic E-state index is 12.3. The first-order chi connectivity index (χ1) is 11.5. The first kappa shape index (κ1) is 16.6. The molecule has 124 valence electrons. The van der Waals surface area contributed by atoms with Crippen molar-refractivity contribution in [1.82, 2.24) is 5.32 Å². The number of amides is 2. The number of carbonyl (C=O) groups excluding carboxylic acids is 2. The summed E-state index contributed by atoms with van der Waals surface area (Å²) in [6.45, 7) is 4.52. The Morgan fingerprint density at radius 3 is 2.83 bits per heavy atom. The van der Waals surface area contributed by atoms with E-state index < -0.39 is 0 Å². The zero-order chi connectivity index (χ0) is 17.1. The van der Waals surface area contributed by atoms with Crippen LogP contribution in [-0.4, -0.2) is 23.6 Å². The molecule has 0 aromatic heterocycles. The standard InChI is InChI=1S/C19H20N2O2S/c1-12-5-3-4-6-14(12)9-10-20-19(23)15-7-8-17-16(11-15)21-18(22)13(2)24-17/h3-8,11,13H,9-10H2,1-2H3,(H,20,23)(H,21,22). The van der Waals surface area contributed by atoms with E-state index in [9.17, 15) is 9.59 Å². The average Bonchev–Trinajstić information content (AvgIpc) is 2.57. The summed E-state index contributed by atoms with van der Waals surface area (Å²) in [7, 11) is 0. The molecule has 2 N–H and O–H groups in total. The Morgan fingerprint density at radius 1 is 1.25 bits per heavy atom. The van der Waals surface area contributed by atoms with Crippen molar-refractivity contribution in [2.75, 3.05) is 11.9 Å². The molecule has 0 radical (unpaired) electrons. The second kappa shape index (κ2) is 7.09. The predicted octanol–water partition coefficient (Wildman–Crippen LogP) is 3.40. The third kappa shape index (κ3) is 3.62. The zero-order valence-electron chi connectivity index (χ0n) is 13.8. The fraction of sp³-hybridized carbons (Fsp3) is 0.263. The zero-order valence-corrected chi connectivity index (χ0v) is 14.6. The van der Waals surface area contributed by atoms with Crippen LogP contribution in [0.3, 0.4) is 0 Å². The molecule has 1 heterocycles. The van der Waals surface area contributed by atoms with Gasteiger partial charge in [0.05, 0.1) is 10.9 Å². The van der Waals surface area contributed by atoms with Crippen LogP contribution in [0.25, 0.3) is 0 Å². The van der Waals surface area contributed by atoms with Crippen LogP contribution in [0, 0.1) is 6.92 Å². The number of rotatable bonds is 4. The van der Waals surface area contributed by atoms with Gasteiger partial charge in [0, 0.05) is 17.0 Å². The summed E-state index contributed by atoms with van der Waals surface area (Å²) in [6, 6.07) is 13.6. The van der Waals surface area contributed by atoms with E-state index in [1.807, 2.05) is 25.1 Å². The fourth-order valence-electron chi connectivity index (χ4n) is 2.65. The number of thioether (sulfide) groups is 1. The monoisotopic (exact) mass is 340 g/mol. The minimum atomic E-state index is -0.121. The van der Waals surface area contributed by atoms with Gasteiger partial charge in [0.2, 0.25) is 5.91 Å². The number of hydrogen-bond donors (Lipinski definition) is 2. The topological polar surface area (TPSA) is 58.2 Å². The van der Waals surface area contributed by atoms with Gasteiger partial charge in [-0.05, 0) is 49.6 Å². The van der Waals surface area contributed by atoms with Gasteiger partial charge < -0.3 is 10.6 Å². The summed E-state index contributed by atoms with van der Waals surface area (Å²) in [5.41, 5.74) is 3.75. The van der Waals surface area contributed by atoms with Crippen molar-refractivity contribution in [3.05, 3.63) is 59.2 Å². The summed E-state index contributed by atoms with van der Waals surface area (Å²) in [6.07, 6.45) is 0.799. The van der Waals surface area contributed by atoms with Crippen LogP contribution in [-0.2, 0) is 11.2 Å². The van der Waals surface area contributed by atoms with Crippen molar-refractivity contribution in [3.63, 3.8) is 0 Å². The Bertz CT molecular complexity index is 789. The van der Waals surface area contributed by atoms with Gasteiger partial charge in [0.25, 0.3) is 5.91 Å². The normalized spacial score (nSPS) is 16.2. The van der Waals surface area contributed by atoms with E-state index in [2.05, 4.69) is 29.7 Å². The highest BCUT2D eigenvalue weighted by Crippen LogP contribution is 2.35. The average molecular weight is 340 g/mol. The third-order valence-electron chi connectivity index (χ3n) is 4.11. The lowest BCUT2D eigenvalue weighted by molar-refractivity contribution is -0.115. The SMILES string of the molecule is Cc1ccccc1CCNC(=O)c1ccc2c(c1)NC(=O)C(C)S2. The highest BCUT2D eigenvalue weighted by Gasteiger charge is 2.23. The van der Waals surface area contributed by atoms with Crippen molar-refractivity contribution in [1.29, 1.82) is 0 Å². The third-order valence-corrected chi connectivity index (χ3v) is 5.29. The number of nitrogens with one attached hydrogen (secondary N) is 2. The molecule has 1 unspecified atom stereocenters. The van der Waals surface area contributed by atoms with Crippen molar-refractivity contribution in [3.8, 4) is 0 Å². The summed E-state index contributed by atoms with van der Waals surface area (Å²) in [5, 5.41) is 5.69. The van der Waals surface area contributed by atoms with Crippen molar-refractivity contribution in [2.24, 2.45) is 0 Å². The van der Waals surface area contributed by atoms with Gasteiger partial charge >= 0.3 is 0 Å². The van der Waals surface area contributed by atoms with Crippen molar-refractivity contribution < 1.29 is 9.59 Å². The van der Waals surface area contributed by atoms with Crippen LogP contribution in [0.1, 0.15) is 28.4 Å². The minimum Gasteiger partial charge on any atom is -0.352 e. The van der Waals surface area contributed by atoms with Crippen LogP contribution in [0.4, 0.5) is 5.69 Å². The van der Waals surface area contributed by atoms with Gasteiger partial charge in [-0.2, -0.15) is 0 Å². The van der Waals surface area contributed by atoms with E-state index >= 15 is 0 Å². The van der Waals surface area contributed by atoms with E-state index in [-0.39, 0.29) is 17.1 Å². The maximum atomic E-state index is 12.3. The molecule has 3 rings (SSSR count). The van der Waals surface area contributed by atoms with E-state index in [1.54, 1.807) is 12.1 Å². The molecule has 1 aliphatic heterocycles. The first-order valence-electron chi connectivity index (χ1n) is 7.99. The van der Waals surface area contributed by atoms with Crippen LogP contribution in [0.5, 0.6) is 0 Å². The molecule has 0 bridgehead atoms. The molecule has 5 heteroatoms. The van der Waals surface area contributed by atoms with Crippen LogP contribution in [0.2, 0.25) is 0 Å². The lowest BCUT2D eigenvalue weighted by Crippen LogP contribution is -2.28. The van der Waals surface area contributed by atoms with Crippen molar-refractivity contribution in [2.45, 2.75) is 30.4 Å². The molecule has 2 aromatic carbocycles. The summed E-state index contributed by atoms with van der Waals surface area (Å²) >= 11 is 1.51. The number of aryl methyl sites for hydroxylation is 1. The van der Waals surface area contributed by atoms with E-state index in [0.717, 1.165) is 17.0 Å². The van der Waals surface area contributed by atoms with Crippen molar-refractivity contribution >= 4 is 29.3 Å². The molecule has 1 aliphatic rings. The molecule has 4 nitrogen and oxygen atoms in total.